The van der Waals surface area contributed by atoms with E-state index in [4.69, 9.17) is 0 Å². The van der Waals surface area contributed by atoms with Crippen LogP contribution >= 0.6 is 0 Å². The van der Waals surface area contributed by atoms with Crippen LogP contribution in [0.5, 0.6) is 0 Å². The van der Waals surface area contributed by atoms with Crippen molar-refractivity contribution in [3.63, 3.8) is 0 Å². The van der Waals surface area contributed by atoms with E-state index < -0.39 is 0 Å². The van der Waals surface area contributed by atoms with Crippen molar-refractivity contribution in [2.45, 2.75) is 0 Å². The minimum absolute atomic E-state index is 0.894. The number of benzene rings is 1. The molecular weight excluding hydrogens is 124 g/mol. The Morgan fingerprint density at radius 2 is 2.20 bits per heavy atom. The largest absolute Gasteiger partial charge is 0.375 e. The Balaban J connectivity index is 2.65. The maximum atomic E-state index is 4.06. The van der Waals surface area contributed by atoms with Crippen LogP contribution in [0.15, 0.2) is 29.3 Å². The summed E-state index contributed by atoms with van der Waals surface area (Å²) in [6.07, 6.45) is 4.25. The number of hydrogen-bond donors (Lipinski definition) is 0. The monoisotopic (exact) mass is 129 g/mol. The van der Waals surface area contributed by atoms with Crippen molar-refractivity contribution in [3.05, 3.63) is 24.3 Å². The van der Waals surface area contributed by atoms with Crippen LogP contribution in [0.1, 0.15) is 0 Å². The van der Waals surface area contributed by atoms with E-state index in [1.165, 1.54) is 0 Å². The predicted molar refractivity (Wildman–Crippen MR) is 41.4 cm³/mol. The van der Waals surface area contributed by atoms with Crippen molar-refractivity contribution in [2.24, 2.45) is 4.99 Å². The van der Waals surface area contributed by atoms with Gasteiger partial charge in [0.2, 0.25) is 0 Å². The highest BCUT2D eigenvalue weighted by molar-refractivity contribution is 6.18. The second kappa shape index (κ2) is 2.06. The van der Waals surface area contributed by atoms with Crippen LogP contribution in [0.2, 0.25) is 0 Å². The Kier molecular flexibility index (Phi) is 1.10. The normalized spacial score (nSPS) is 13.2. The molecule has 46 valence electrons. The lowest BCUT2D eigenvalue weighted by Gasteiger charge is -1.89. The summed E-state index contributed by atoms with van der Waals surface area (Å²) in [5.41, 5.74) is 1.81. The van der Waals surface area contributed by atoms with Gasteiger partial charge >= 0.3 is 11.9 Å². The predicted octanol–water partition coefficient (Wildman–Crippen LogP) is 1.32. The number of para-hydroxylation sites is 2. The average molecular weight is 129 g/mol. The molecule has 0 bridgehead atoms. The first-order chi connectivity index (χ1) is 4.97. The number of fused-ring (bicyclic) bond motifs is 1. The minimum Gasteiger partial charge on any atom is -0.242 e. The molecule has 1 aliphatic rings. The lowest BCUT2D eigenvalue weighted by molar-refractivity contribution is 1.35. The number of rotatable bonds is 0. The van der Waals surface area contributed by atoms with Crippen molar-refractivity contribution >= 4 is 23.8 Å². The van der Waals surface area contributed by atoms with E-state index in [-0.39, 0.29) is 0 Å². The zero-order valence-electron chi connectivity index (χ0n) is 5.28. The standard InChI is InChI=1S/C8H5N2/c1-2-4-8-7(3-1)9-5-6-10-8/h1-5H/q+1. The van der Waals surface area contributed by atoms with E-state index in [9.17, 15) is 0 Å². The van der Waals surface area contributed by atoms with Gasteiger partial charge in [0.15, 0.2) is 0 Å². The maximum absolute atomic E-state index is 4.06. The van der Waals surface area contributed by atoms with Crippen molar-refractivity contribution in [2.75, 3.05) is 0 Å². The molecule has 0 amide bonds. The molecule has 0 saturated carbocycles. The molecule has 2 nitrogen and oxygen atoms in total. The number of aliphatic imine (C=N–C) groups is 2. The fourth-order valence-electron chi connectivity index (χ4n) is 0.865. The van der Waals surface area contributed by atoms with E-state index in [1.807, 2.05) is 24.3 Å². The van der Waals surface area contributed by atoms with Crippen LogP contribution in [0.25, 0.3) is 0 Å². The van der Waals surface area contributed by atoms with Gasteiger partial charge in [0.05, 0.1) is 4.99 Å². The summed E-state index contributed by atoms with van der Waals surface area (Å²) in [5, 5.41) is 0. The second-order valence-electron chi connectivity index (χ2n) is 1.99. The quantitative estimate of drug-likeness (QED) is 0.505. The Hall–Kier alpha value is -1.44. The summed E-state index contributed by atoms with van der Waals surface area (Å²) >= 11 is 0. The fourth-order valence-corrected chi connectivity index (χ4v) is 0.865. The van der Waals surface area contributed by atoms with E-state index in [1.54, 1.807) is 6.21 Å². The molecule has 1 aromatic carbocycles. The summed E-state index contributed by atoms with van der Waals surface area (Å²) < 4.78 is 0. The third-order valence-electron chi connectivity index (χ3n) is 1.33. The van der Waals surface area contributed by atoms with Gasteiger partial charge in [-0.25, -0.2) is 4.99 Å². The van der Waals surface area contributed by atoms with Gasteiger partial charge in [-0.05, 0) is 6.07 Å². The van der Waals surface area contributed by atoms with E-state index in [0.717, 1.165) is 11.4 Å². The van der Waals surface area contributed by atoms with Crippen LogP contribution in [0.4, 0.5) is 11.4 Å². The van der Waals surface area contributed by atoms with Crippen LogP contribution < -0.4 is 4.99 Å². The van der Waals surface area contributed by atoms with Gasteiger partial charge in [-0.3, -0.25) is 0 Å². The van der Waals surface area contributed by atoms with E-state index in [2.05, 4.69) is 16.2 Å². The third kappa shape index (κ3) is 0.739. The highest BCUT2D eigenvalue weighted by Gasteiger charge is 2.11. The molecule has 1 heterocycles. The SMILES string of the molecule is [C]1=[N+]c2ccccc2N=C1. The van der Waals surface area contributed by atoms with Gasteiger partial charge in [0.1, 0.15) is 11.9 Å². The summed E-state index contributed by atoms with van der Waals surface area (Å²) in [5.74, 6) is 0. The first-order valence-electron chi connectivity index (χ1n) is 3.05. The summed E-state index contributed by atoms with van der Waals surface area (Å²) in [6.45, 7) is 0. The molecule has 2 heteroatoms. The first-order valence-corrected chi connectivity index (χ1v) is 3.05. The molecule has 0 unspecified atom stereocenters. The molecule has 1 aliphatic heterocycles. The molecule has 0 aromatic heterocycles. The molecule has 2 rings (SSSR count). The number of nitrogens with zero attached hydrogens (tertiary/aromatic N) is 2. The molecule has 0 spiro atoms. The van der Waals surface area contributed by atoms with Gasteiger partial charge in [0.25, 0.3) is 0 Å². The molecule has 0 fully saturated rings. The smallest absolute Gasteiger partial charge is 0.242 e. The van der Waals surface area contributed by atoms with Crippen molar-refractivity contribution in [1.29, 1.82) is 0 Å². The lowest BCUT2D eigenvalue weighted by Crippen LogP contribution is -1.91. The van der Waals surface area contributed by atoms with Crippen LogP contribution in [0, 0.1) is 0 Å². The lowest BCUT2D eigenvalue weighted by atomic mass is 10.2. The Labute approximate surface area is 58.9 Å². The summed E-state index contributed by atoms with van der Waals surface area (Å²) in [4.78, 5) is 8.06. The first kappa shape index (κ1) is 5.35. The molecular formula is C8H5N2+. The number of hydrogen-bond acceptors (Lipinski definition) is 2. The molecule has 1 aromatic rings. The maximum Gasteiger partial charge on any atom is 0.375 e. The summed E-state index contributed by atoms with van der Waals surface area (Å²) in [6, 6.07) is 7.72. The van der Waals surface area contributed by atoms with Crippen LogP contribution in [-0.4, -0.2) is 12.4 Å². The fraction of sp³-hybridized carbons (Fsp3) is 0. The molecule has 0 atom stereocenters. The van der Waals surface area contributed by atoms with Gasteiger partial charge in [-0.1, -0.05) is 12.1 Å². The van der Waals surface area contributed by atoms with Crippen molar-refractivity contribution < 1.29 is 0 Å². The Morgan fingerprint density at radius 1 is 1.30 bits per heavy atom. The molecule has 10 heavy (non-hydrogen) atoms. The van der Waals surface area contributed by atoms with Crippen molar-refractivity contribution in [3.8, 4) is 0 Å². The highest BCUT2D eigenvalue weighted by Crippen LogP contribution is 2.23. The van der Waals surface area contributed by atoms with Gasteiger partial charge < -0.3 is 0 Å². The Morgan fingerprint density at radius 3 is 3.10 bits per heavy atom. The van der Waals surface area contributed by atoms with Crippen molar-refractivity contribution in [1.82, 2.24) is 4.99 Å². The van der Waals surface area contributed by atoms with Gasteiger partial charge in [-0.15, -0.1) is 0 Å². The molecule has 0 aliphatic carbocycles. The topological polar surface area (TPSA) is 26.5 Å². The average Bonchev–Trinajstić information content (AvgIpc) is 2.05. The zero-order chi connectivity index (χ0) is 6.81. The van der Waals surface area contributed by atoms with Crippen LogP contribution in [0.3, 0.4) is 0 Å². The van der Waals surface area contributed by atoms with Gasteiger partial charge in [-0.2, -0.15) is 0 Å². The molecule has 0 N–H and O–H groups in total. The molecule has 0 saturated heterocycles. The second-order valence-corrected chi connectivity index (χ2v) is 1.99. The van der Waals surface area contributed by atoms with Crippen LogP contribution in [-0.2, 0) is 0 Å². The highest BCUT2D eigenvalue weighted by atomic mass is 14.9. The van der Waals surface area contributed by atoms with Gasteiger partial charge in [0, 0.05) is 6.07 Å². The third-order valence-corrected chi connectivity index (χ3v) is 1.33. The Bertz CT molecular complexity index is 269. The summed E-state index contributed by atoms with van der Waals surface area (Å²) in [7, 11) is 0. The molecule has 2 radical (unpaired) electrons. The zero-order valence-corrected chi connectivity index (χ0v) is 5.28. The van der Waals surface area contributed by atoms with E-state index >= 15 is 0 Å². The van der Waals surface area contributed by atoms with E-state index in [0.29, 0.717) is 0 Å². The minimum atomic E-state index is 0.894.